The highest BCUT2D eigenvalue weighted by molar-refractivity contribution is 5.79. The van der Waals surface area contributed by atoms with Crippen molar-refractivity contribution in [2.75, 3.05) is 60.4 Å². The number of hydrogen-bond donors (Lipinski definition) is 3. The zero-order valence-electron chi connectivity index (χ0n) is 16.7. The summed E-state index contributed by atoms with van der Waals surface area (Å²) in [4.78, 5) is 20.5. The van der Waals surface area contributed by atoms with Crippen LogP contribution in [0, 0.1) is 0 Å². The molecule has 146 valence electrons. The number of amides is 1. The van der Waals surface area contributed by atoms with E-state index in [1.54, 1.807) is 7.05 Å². The number of guanidine groups is 1. The van der Waals surface area contributed by atoms with Crippen molar-refractivity contribution < 1.29 is 9.53 Å². The van der Waals surface area contributed by atoms with Crippen LogP contribution in [0.3, 0.4) is 0 Å². The number of hydrogen-bond acceptors (Lipinski definition) is 5. The Balaban J connectivity index is 2.17. The van der Waals surface area contributed by atoms with Gasteiger partial charge < -0.3 is 25.6 Å². The molecule has 0 spiro atoms. The van der Waals surface area contributed by atoms with E-state index in [2.05, 4.69) is 44.8 Å². The molecule has 1 rings (SSSR count). The molecule has 1 saturated heterocycles. The Morgan fingerprint density at radius 1 is 1.16 bits per heavy atom. The average molecular weight is 357 g/mol. The second-order valence-corrected chi connectivity index (χ2v) is 7.56. The molecule has 0 aromatic carbocycles. The number of nitrogens with one attached hydrogen (secondary N) is 3. The Bertz CT molecular complexity index is 435. The molecule has 1 aliphatic heterocycles. The molecule has 8 nitrogen and oxygen atoms in total. The van der Waals surface area contributed by atoms with Crippen molar-refractivity contribution in [1.82, 2.24) is 25.8 Å². The van der Waals surface area contributed by atoms with Crippen LogP contribution in [-0.2, 0) is 4.74 Å². The molecule has 1 amide bonds. The number of nitrogens with zero attached hydrogens (tertiary/aromatic N) is 3. The van der Waals surface area contributed by atoms with Gasteiger partial charge in [0.15, 0.2) is 5.96 Å². The summed E-state index contributed by atoms with van der Waals surface area (Å²) in [5.74, 6) is 0.791. The van der Waals surface area contributed by atoms with Gasteiger partial charge in [-0.2, -0.15) is 0 Å². The van der Waals surface area contributed by atoms with Gasteiger partial charge in [-0.3, -0.25) is 9.89 Å². The van der Waals surface area contributed by atoms with E-state index in [0.29, 0.717) is 12.6 Å². The molecule has 3 N–H and O–H groups in total. The number of alkyl carbamates (subject to hydrolysis) is 1. The van der Waals surface area contributed by atoms with Crippen molar-refractivity contribution in [3.05, 3.63) is 0 Å². The van der Waals surface area contributed by atoms with Gasteiger partial charge in [-0.15, -0.1) is 0 Å². The van der Waals surface area contributed by atoms with Crippen LogP contribution in [0.5, 0.6) is 0 Å². The van der Waals surface area contributed by atoms with Gasteiger partial charge in [0.05, 0.1) is 0 Å². The molecule has 1 aliphatic rings. The minimum atomic E-state index is -0.464. The number of piperazine rings is 1. The largest absolute Gasteiger partial charge is 0.444 e. The number of carbonyl (C=O) groups excluding carboxylic acids is 1. The summed E-state index contributed by atoms with van der Waals surface area (Å²) in [5, 5.41) is 9.40. The molecule has 1 unspecified atom stereocenters. The Morgan fingerprint density at radius 2 is 1.84 bits per heavy atom. The molecular weight excluding hydrogens is 320 g/mol. The average Bonchev–Trinajstić information content (AvgIpc) is 2.51. The topological polar surface area (TPSA) is 81.2 Å². The first-order valence-corrected chi connectivity index (χ1v) is 9.01. The molecule has 0 aromatic rings. The van der Waals surface area contributed by atoms with E-state index in [1.165, 1.54) is 0 Å². The van der Waals surface area contributed by atoms with Crippen LogP contribution < -0.4 is 16.0 Å². The van der Waals surface area contributed by atoms with Gasteiger partial charge in [0.25, 0.3) is 0 Å². The highest BCUT2D eigenvalue weighted by Gasteiger charge is 2.22. The Hall–Kier alpha value is -1.54. The second-order valence-electron chi connectivity index (χ2n) is 7.56. The fourth-order valence-electron chi connectivity index (χ4n) is 2.56. The van der Waals surface area contributed by atoms with E-state index in [9.17, 15) is 4.79 Å². The first-order chi connectivity index (χ1) is 11.7. The van der Waals surface area contributed by atoms with Crippen molar-refractivity contribution >= 4 is 12.1 Å². The zero-order chi connectivity index (χ0) is 18.9. The predicted octanol–water partition coefficient (Wildman–Crippen LogP) is 0.312. The number of ether oxygens (including phenoxy) is 1. The molecule has 8 heteroatoms. The van der Waals surface area contributed by atoms with Gasteiger partial charge in [-0.1, -0.05) is 0 Å². The molecule has 1 fully saturated rings. The number of likely N-dealkylation sites (N-methyl/N-ethyl adjacent to an activating group) is 2. The maximum atomic E-state index is 11.5. The van der Waals surface area contributed by atoms with Crippen LogP contribution in [0.4, 0.5) is 4.79 Å². The Labute approximate surface area is 152 Å². The molecule has 0 radical (unpaired) electrons. The monoisotopic (exact) mass is 356 g/mol. The SMILES string of the molecule is CN=C(NCCCNC(=O)OC(C)(C)C)NCC1CN(C)CCN1C. The van der Waals surface area contributed by atoms with Gasteiger partial charge in [-0.05, 0) is 41.3 Å². The number of carbonyl (C=O) groups is 1. The van der Waals surface area contributed by atoms with E-state index >= 15 is 0 Å². The lowest BCUT2D eigenvalue weighted by atomic mass is 10.2. The fourth-order valence-corrected chi connectivity index (χ4v) is 2.56. The summed E-state index contributed by atoms with van der Waals surface area (Å²) in [6, 6.07) is 0.478. The minimum Gasteiger partial charge on any atom is -0.444 e. The van der Waals surface area contributed by atoms with Gasteiger partial charge in [0, 0.05) is 52.4 Å². The zero-order valence-corrected chi connectivity index (χ0v) is 16.7. The van der Waals surface area contributed by atoms with Crippen LogP contribution in [0.25, 0.3) is 0 Å². The smallest absolute Gasteiger partial charge is 0.407 e. The van der Waals surface area contributed by atoms with Gasteiger partial charge in [-0.25, -0.2) is 4.79 Å². The van der Waals surface area contributed by atoms with Gasteiger partial charge in [0.2, 0.25) is 0 Å². The van der Waals surface area contributed by atoms with Crippen molar-refractivity contribution in [2.45, 2.75) is 38.8 Å². The van der Waals surface area contributed by atoms with Crippen molar-refractivity contribution in [2.24, 2.45) is 4.99 Å². The predicted molar refractivity (Wildman–Crippen MR) is 102 cm³/mol. The van der Waals surface area contributed by atoms with Crippen LogP contribution in [0.15, 0.2) is 4.99 Å². The first kappa shape index (κ1) is 21.5. The van der Waals surface area contributed by atoms with Crippen molar-refractivity contribution in [3.8, 4) is 0 Å². The molecule has 0 aromatic heterocycles. The summed E-state index contributed by atoms with van der Waals surface area (Å²) in [6.45, 7) is 11.0. The summed E-state index contributed by atoms with van der Waals surface area (Å²) in [5.41, 5.74) is -0.464. The lowest BCUT2D eigenvalue weighted by Crippen LogP contribution is -2.55. The first-order valence-electron chi connectivity index (χ1n) is 9.01. The molecular formula is C17H36N6O2. The van der Waals surface area contributed by atoms with Gasteiger partial charge >= 0.3 is 6.09 Å². The summed E-state index contributed by atoms with van der Waals surface area (Å²) < 4.78 is 5.20. The van der Waals surface area contributed by atoms with Crippen LogP contribution in [-0.4, -0.2) is 93.9 Å². The standard InChI is InChI=1S/C17H36N6O2/c1-17(2,3)25-16(24)20-9-7-8-19-15(18-4)21-12-14-13-22(5)10-11-23(14)6/h14H,7-13H2,1-6H3,(H,20,24)(H2,18,19,21). The normalized spacial score (nSPS) is 20.2. The minimum absolute atomic E-state index is 0.375. The number of rotatable bonds is 6. The van der Waals surface area contributed by atoms with E-state index in [0.717, 1.165) is 45.1 Å². The third-order valence-corrected chi connectivity index (χ3v) is 4.02. The highest BCUT2D eigenvalue weighted by Crippen LogP contribution is 2.06. The Kier molecular flexibility index (Phi) is 8.99. The summed E-state index contributed by atoms with van der Waals surface area (Å²) >= 11 is 0. The summed E-state index contributed by atoms with van der Waals surface area (Å²) in [7, 11) is 6.09. The van der Waals surface area contributed by atoms with Crippen molar-refractivity contribution in [1.29, 1.82) is 0 Å². The van der Waals surface area contributed by atoms with Gasteiger partial charge in [0.1, 0.15) is 5.60 Å². The molecule has 0 bridgehead atoms. The summed E-state index contributed by atoms with van der Waals surface area (Å²) in [6.07, 6.45) is 0.422. The number of aliphatic imine (C=N–C) groups is 1. The third kappa shape index (κ3) is 9.50. The second kappa shape index (κ2) is 10.5. The van der Waals surface area contributed by atoms with E-state index in [4.69, 9.17) is 4.74 Å². The quantitative estimate of drug-likeness (QED) is 0.361. The lowest BCUT2D eigenvalue weighted by molar-refractivity contribution is 0.0527. The third-order valence-electron chi connectivity index (χ3n) is 4.02. The van der Waals surface area contributed by atoms with Crippen LogP contribution in [0.2, 0.25) is 0 Å². The highest BCUT2D eigenvalue weighted by atomic mass is 16.6. The maximum Gasteiger partial charge on any atom is 0.407 e. The van der Waals surface area contributed by atoms with E-state index in [1.807, 2.05) is 20.8 Å². The molecule has 0 aliphatic carbocycles. The van der Waals surface area contributed by atoms with Crippen molar-refractivity contribution in [3.63, 3.8) is 0 Å². The van der Waals surface area contributed by atoms with Crippen LogP contribution in [0.1, 0.15) is 27.2 Å². The molecule has 25 heavy (non-hydrogen) atoms. The fraction of sp³-hybridized carbons (Fsp3) is 0.882. The molecule has 0 saturated carbocycles. The molecule has 1 heterocycles. The lowest BCUT2D eigenvalue weighted by Gasteiger charge is -2.37. The maximum absolute atomic E-state index is 11.5. The van der Waals surface area contributed by atoms with E-state index in [-0.39, 0.29) is 6.09 Å². The molecule has 1 atom stereocenters. The van der Waals surface area contributed by atoms with Crippen LogP contribution >= 0.6 is 0 Å². The Morgan fingerprint density at radius 3 is 2.48 bits per heavy atom. The van der Waals surface area contributed by atoms with E-state index < -0.39 is 5.60 Å².